The van der Waals surface area contributed by atoms with Gasteiger partial charge < -0.3 is 9.47 Å². The van der Waals surface area contributed by atoms with Crippen LogP contribution in [0.1, 0.15) is 31.1 Å². The van der Waals surface area contributed by atoms with Gasteiger partial charge in [0.05, 0.1) is 30.7 Å². The largest absolute Gasteiger partial charge is 0.468 e. The summed E-state index contributed by atoms with van der Waals surface area (Å²) in [6.45, 7) is 6.15. The highest BCUT2D eigenvalue weighted by Crippen LogP contribution is 2.24. The fraction of sp³-hybridized carbons (Fsp3) is 0.444. The van der Waals surface area contributed by atoms with Crippen LogP contribution >= 0.6 is 11.8 Å². The Hall–Kier alpha value is -2.35. The number of esters is 2. The van der Waals surface area contributed by atoms with Gasteiger partial charge in [0, 0.05) is 6.54 Å². The second-order valence-electron chi connectivity index (χ2n) is 6.21. The molecule has 1 aromatic carbocycles. The fourth-order valence-electron chi connectivity index (χ4n) is 2.43. The molecule has 0 aliphatic rings. The highest BCUT2D eigenvalue weighted by Gasteiger charge is 2.21. The average molecular weight is 378 g/mol. The van der Waals surface area contributed by atoms with E-state index in [-0.39, 0.29) is 11.5 Å². The van der Waals surface area contributed by atoms with E-state index >= 15 is 0 Å². The molecule has 0 spiro atoms. The van der Waals surface area contributed by atoms with Crippen molar-refractivity contribution >= 4 is 34.6 Å². The van der Waals surface area contributed by atoms with Crippen molar-refractivity contribution in [2.45, 2.75) is 37.7 Å². The van der Waals surface area contributed by atoms with E-state index in [2.05, 4.69) is 4.98 Å². The maximum atomic E-state index is 12.9. The van der Waals surface area contributed by atoms with Gasteiger partial charge in [0.2, 0.25) is 0 Å². The van der Waals surface area contributed by atoms with E-state index < -0.39 is 17.2 Å². The van der Waals surface area contributed by atoms with Gasteiger partial charge in [-0.25, -0.2) is 9.78 Å². The molecule has 0 aliphatic carbocycles. The molecule has 0 fully saturated rings. The van der Waals surface area contributed by atoms with Crippen LogP contribution in [-0.2, 0) is 20.8 Å². The van der Waals surface area contributed by atoms with Gasteiger partial charge in [0.15, 0.2) is 5.16 Å². The zero-order valence-electron chi connectivity index (χ0n) is 15.4. The summed E-state index contributed by atoms with van der Waals surface area (Å²) in [7, 11) is 2.61. The molecular weight excluding hydrogens is 356 g/mol. The van der Waals surface area contributed by atoms with Gasteiger partial charge in [-0.15, -0.1) is 0 Å². The number of ether oxygens (including phenoxy) is 2. The minimum Gasteiger partial charge on any atom is -0.468 e. The maximum Gasteiger partial charge on any atom is 0.337 e. The summed E-state index contributed by atoms with van der Waals surface area (Å²) in [5.41, 5.74) is 0.489. The smallest absolute Gasteiger partial charge is 0.337 e. The van der Waals surface area contributed by atoms with Crippen molar-refractivity contribution in [3.63, 3.8) is 0 Å². The molecule has 0 aliphatic heterocycles. The number of benzene rings is 1. The summed E-state index contributed by atoms with van der Waals surface area (Å²) in [4.78, 5) is 41.0. The molecule has 0 radical (unpaired) electrons. The molecule has 1 heterocycles. The lowest BCUT2D eigenvalue weighted by atomic mass is 10.1. The van der Waals surface area contributed by atoms with Crippen molar-refractivity contribution in [2.75, 3.05) is 14.2 Å². The van der Waals surface area contributed by atoms with Crippen molar-refractivity contribution in [1.29, 1.82) is 0 Å². The van der Waals surface area contributed by atoms with Crippen LogP contribution in [-0.4, -0.2) is 41.0 Å². The van der Waals surface area contributed by atoms with Crippen LogP contribution in [0, 0.1) is 5.92 Å². The van der Waals surface area contributed by atoms with Crippen molar-refractivity contribution in [3.8, 4) is 0 Å². The first-order valence-corrected chi connectivity index (χ1v) is 9.03. The number of aromatic nitrogens is 2. The number of fused-ring (bicyclic) bond motifs is 1. The van der Waals surface area contributed by atoms with E-state index in [1.807, 2.05) is 13.8 Å². The van der Waals surface area contributed by atoms with Crippen LogP contribution in [0.3, 0.4) is 0 Å². The lowest BCUT2D eigenvalue weighted by Crippen LogP contribution is -2.27. The Morgan fingerprint density at radius 3 is 2.46 bits per heavy atom. The number of nitrogens with zero attached hydrogens (tertiary/aromatic N) is 2. The van der Waals surface area contributed by atoms with Crippen LogP contribution in [0.25, 0.3) is 10.9 Å². The monoisotopic (exact) mass is 378 g/mol. The summed E-state index contributed by atoms with van der Waals surface area (Å²) < 4.78 is 11.0. The minimum absolute atomic E-state index is 0.209. The third-order valence-corrected chi connectivity index (χ3v) is 4.77. The molecular formula is C18H22N2O5S. The van der Waals surface area contributed by atoms with Gasteiger partial charge in [0.1, 0.15) is 5.25 Å². The van der Waals surface area contributed by atoms with Gasteiger partial charge in [-0.05, 0) is 31.0 Å². The van der Waals surface area contributed by atoms with Crippen molar-refractivity contribution in [3.05, 3.63) is 34.1 Å². The third kappa shape index (κ3) is 4.24. The lowest BCUT2D eigenvalue weighted by Gasteiger charge is -2.17. The SMILES string of the molecule is COC(=O)c1ccc2c(=O)n(CC(C)C)c(SC(C)C(=O)OC)nc2c1. The fourth-order valence-corrected chi connectivity index (χ4v) is 3.38. The molecule has 1 unspecified atom stereocenters. The second kappa shape index (κ2) is 8.35. The zero-order chi connectivity index (χ0) is 19.4. The summed E-state index contributed by atoms with van der Waals surface area (Å²) in [6.07, 6.45) is 0. The molecule has 0 amide bonds. The summed E-state index contributed by atoms with van der Waals surface area (Å²) >= 11 is 1.16. The van der Waals surface area contributed by atoms with Gasteiger partial charge >= 0.3 is 11.9 Å². The second-order valence-corrected chi connectivity index (χ2v) is 7.52. The molecule has 140 valence electrons. The van der Waals surface area contributed by atoms with Crippen LogP contribution < -0.4 is 5.56 Å². The van der Waals surface area contributed by atoms with E-state index in [1.54, 1.807) is 23.6 Å². The minimum atomic E-state index is -0.522. The normalized spacial score (nSPS) is 12.2. The van der Waals surface area contributed by atoms with Crippen LogP contribution in [0.2, 0.25) is 0 Å². The van der Waals surface area contributed by atoms with Crippen LogP contribution in [0.4, 0.5) is 0 Å². The molecule has 1 aromatic heterocycles. The molecule has 26 heavy (non-hydrogen) atoms. The first kappa shape index (κ1) is 20.0. The summed E-state index contributed by atoms with van der Waals surface area (Å²) in [6, 6.07) is 4.64. The summed E-state index contributed by atoms with van der Waals surface area (Å²) in [5, 5.41) is 0.302. The highest BCUT2D eigenvalue weighted by atomic mass is 32.2. The van der Waals surface area contributed by atoms with Crippen LogP contribution in [0.5, 0.6) is 0 Å². The molecule has 7 nitrogen and oxygen atoms in total. The van der Waals surface area contributed by atoms with Crippen molar-refractivity contribution in [2.24, 2.45) is 5.92 Å². The molecule has 1 atom stereocenters. The molecule has 8 heteroatoms. The highest BCUT2D eigenvalue weighted by molar-refractivity contribution is 8.00. The van der Waals surface area contributed by atoms with Gasteiger partial charge in [-0.3, -0.25) is 14.2 Å². The molecule has 2 rings (SSSR count). The Bertz CT molecular complexity index is 891. The van der Waals surface area contributed by atoms with E-state index in [9.17, 15) is 14.4 Å². The van der Waals surface area contributed by atoms with E-state index in [4.69, 9.17) is 9.47 Å². The Balaban J connectivity index is 2.63. The lowest BCUT2D eigenvalue weighted by molar-refractivity contribution is -0.139. The van der Waals surface area contributed by atoms with Crippen molar-refractivity contribution < 1.29 is 19.1 Å². The first-order chi connectivity index (χ1) is 12.3. The van der Waals surface area contributed by atoms with Crippen LogP contribution in [0.15, 0.2) is 28.2 Å². The quantitative estimate of drug-likeness (QED) is 0.433. The van der Waals surface area contributed by atoms with E-state index in [0.29, 0.717) is 28.2 Å². The van der Waals surface area contributed by atoms with E-state index in [1.165, 1.54) is 20.3 Å². The number of thioether (sulfide) groups is 1. The molecule has 0 saturated heterocycles. The molecule has 0 saturated carbocycles. The third-order valence-electron chi connectivity index (χ3n) is 3.70. The standard InChI is InChI=1S/C18H22N2O5S/c1-10(2)9-20-15(21)13-7-6-12(17(23)25-5)8-14(13)19-18(20)26-11(3)16(22)24-4/h6-8,10-11H,9H2,1-5H3. The molecule has 0 N–H and O–H groups in total. The predicted octanol–water partition coefficient (Wildman–Crippen LogP) is 2.49. The summed E-state index contributed by atoms with van der Waals surface area (Å²) in [5.74, 6) is -0.685. The average Bonchev–Trinajstić information content (AvgIpc) is 2.62. The topological polar surface area (TPSA) is 87.5 Å². The number of rotatable bonds is 6. The Labute approximate surface area is 155 Å². The Morgan fingerprint density at radius 1 is 1.19 bits per heavy atom. The number of hydrogen-bond acceptors (Lipinski definition) is 7. The number of hydrogen-bond donors (Lipinski definition) is 0. The van der Waals surface area contributed by atoms with Gasteiger partial charge in [0.25, 0.3) is 5.56 Å². The van der Waals surface area contributed by atoms with Gasteiger partial charge in [-0.2, -0.15) is 0 Å². The number of methoxy groups -OCH3 is 2. The van der Waals surface area contributed by atoms with Crippen molar-refractivity contribution in [1.82, 2.24) is 9.55 Å². The zero-order valence-corrected chi connectivity index (χ0v) is 16.3. The Morgan fingerprint density at radius 2 is 1.88 bits per heavy atom. The predicted molar refractivity (Wildman–Crippen MR) is 99.5 cm³/mol. The van der Waals surface area contributed by atoms with E-state index in [0.717, 1.165) is 11.8 Å². The maximum absolute atomic E-state index is 12.9. The molecule has 2 aromatic rings. The first-order valence-electron chi connectivity index (χ1n) is 8.15. The van der Waals surface area contributed by atoms with Gasteiger partial charge in [-0.1, -0.05) is 25.6 Å². The number of carbonyl (C=O) groups is 2. The molecule has 0 bridgehead atoms. The number of carbonyl (C=O) groups excluding carboxylic acids is 2. The Kier molecular flexibility index (Phi) is 6.42.